The molecule has 18 heavy (non-hydrogen) atoms. The molecule has 0 fully saturated rings. The molecule has 96 valence electrons. The lowest BCUT2D eigenvalue weighted by molar-refractivity contribution is -0.109. The van der Waals surface area contributed by atoms with Gasteiger partial charge < -0.3 is 15.2 Å². The van der Waals surface area contributed by atoms with E-state index in [0.717, 1.165) is 11.8 Å². The molecule has 7 nitrogen and oxygen atoms in total. The summed E-state index contributed by atoms with van der Waals surface area (Å²) >= 11 is 0.952. The molecule has 0 aromatic carbocycles. The molecular formula is C10H12N4O3S. The van der Waals surface area contributed by atoms with Crippen LogP contribution in [0.5, 0.6) is 0 Å². The van der Waals surface area contributed by atoms with Crippen molar-refractivity contribution in [2.45, 2.75) is 19.1 Å². The zero-order valence-electron chi connectivity index (χ0n) is 9.57. The molecule has 2 rings (SSSR count). The second kappa shape index (κ2) is 5.42. The summed E-state index contributed by atoms with van der Waals surface area (Å²) in [5, 5.41) is 19.7. The molecule has 2 aromatic heterocycles. The number of hydrogen-bond donors (Lipinski definition) is 3. The molecule has 0 aliphatic rings. The number of thioether (sulfide) groups is 1. The van der Waals surface area contributed by atoms with Gasteiger partial charge in [0.25, 0.3) is 0 Å². The summed E-state index contributed by atoms with van der Waals surface area (Å²) in [5.41, 5.74) is 1.18. The Morgan fingerprint density at radius 1 is 1.44 bits per heavy atom. The Hall–Kier alpha value is -1.51. The number of aromatic amines is 1. The lowest BCUT2D eigenvalue weighted by Gasteiger charge is -2.16. The number of carbonyl (C=O) groups excluding carboxylic acids is 1. The summed E-state index contributed by atoms with van der Waals surface area (Å²) in [5.74, 6) is 0.107. The SMILES string of the molecule is CC(=O)SCC(O)C(O)c1ncnc2nc[nH]c12. The van der Waals surface area contributed by atoms with Gasteiger partial charge in [0.15, 0.2) is 10.8 Å². The Morgan fingerprint density at radius 3 is 2.94 bits per heavy atom. The summed E-state index contributed by atoms with van der Waals surface area (Å²) in [4.78, 5) is 25.4. The maximum absolute atomic E-state index is 10.8. The highest BCUT2D eigenvalue weighted by Gasteiger charge is 2.23. The second-order valence-electron chi connectivity index (χ2n) is 3.67. The molecule has 2 heterocycles. The standard InChI is InChI=1S/C10H12N4O3S/c1-5(15)18-2-6(16)9(17)7-8-10(13-3-11-7)14-4-12-8/h3-4,6,9,16-17H,2H2,1H3,(H,11,12,13,14). The average molecular weight is 268 g/mol. The van der Waals surface area contributed by atoms with Crippen LogP contribution in [0.4, 0.5) is 0 Å². The minimum absolute atomic E-state index is 0.107. The fraction of sp³-hybridized carbons (Fsp3) is 0.400. The van der Waals surface area contributed by atoms with Crippen molar-refractivity contribution >= 4 is 28.0 Å². The zero-order valence-corrected chi connectivity index (χ0v) is 10.4. The normalized spacial score (nSPS) is 14.6. The maximum Gasteiger partial charge on any atom is 0.185 e. The summed E-state index contributed by atoms with van der Waals surface area (Å²) < 4.78 is 0. The number of nitrogens with zero attached hydrogens (tertiary/aromatic N) is 3. The van der Waals surface area contributed by atoms with Gasteiger partial charge in [0.2, 0.25) is 0 Å². The maximum atomic E-state index is 10.8. The van der Waals surface area contributed by atoms with Gasteiger partial charge in [0.05, 0.1) is 12.4 Å². The highest BCUT2D eigenvalue weighted by atomic mass is 32.2. The van der Waals surface area contributed by atoms with Crippen molar-refractivity contribution in [1.29, 1.82) is 0 Å². The number of hydrogen-bond acceptors (Lipinski definition) is 7. The predicted octanol–water partition coefficient (Wildman–Crippen LogP) is 0.0269. The van der Waals surface area contributed by atoms with Gasteiger partial charge >= 0.3 is 0 Å². The molecule has 2 atom stereocenters. The number of imidazole rings is 1. The van der Waals surface area contributed by atoms with E-state index in [1.807, 2.05) is 0 Å². The van der Waals surface area contributed by atoms with Crippen LogP contribution in [0.25, 0.3) is 11.2 Å². The van der Waals surface area contributed by atoms with Gasteiger partial charge in [-0.15, -0.1) is 0 Å². The van der Waals surface area contributed by atoms with Gasteiger partial charge in [-0.3, -0.25) is 4.79 Å². The van der Waals surface area contributed by atoms with E-state index in [-0.39, 0.29) is 16.6 Å². The summed E-state index contributed by atoms with van der Waals surface area (Å²) in [7, 11) is 0. The lowest BCUT2D eigenvalue weighted by atomic mass is 10.1. The van der Waals surface area contributed by atoms with Crippen LogP contribution in [0.15, 0.2) is 12.7 Å². The summed E-state index contributed by atoms with van der Waals surface area (Å²) in [6, 6.07) is 0. The van der Waals surface area contributed by atoms with Crippen molar-refractivity contribution in [2.75, 3.05) is 5.75 Å². The fourth-order valence-corrected chi connectivity index (χ4v) is 2.07. The third kappa shape index (κ3) is 2.66. The Kier molecular flexibility index (Phi) is 3.90. The third-order valence-electron chi connectivity index (χ3n) is 2.35. The Morgan fingerprint density at radius 2 is 2.22 bits per heavy atom. The zero-order chi connectivity index (χ0) is 13.1. The number of fused-ring (bicyclic) bond motifs is 1. The quantitative estimate of drug-likeness (QED) is 0.717. The molecule has 0 bridgehead atoms. The molecule has 0 amide bonds. The number of aliphatic hydroxyl groups excluding tert-OH is 2. The van der Waals surface area contributed by atoms with Crippen LogP contribution >= 0.6 is 11.8 Å². The molecule has 0 radical (unpaired) electrons. The van der Waals surface area contributed by atoms with Crippen molar-refractivity contribution in [1.82, 2.24) is 19.9 Å². The lowest BCUT2D eigenvalue weighted by Crippen LogP contribution is -2.22. The first-order valence-electron chi connectivity index (χ1n) is 5.23. The second-order valence-corrected chi connectivity index (χ2v) is 4.87. The number of aromatic nitrogens is 4. The molecule has 0 aliphatic heterocycles. The Balaban J connectivity index is 2.19. The monoisotopic (exact) mass is 268 g/mol. The first-order chi connectivity index (χ1) is 8.59. The molecule has 0 aliphatic carbocycles. The third-order valence-corrected chi connectivity index (χ3v) is 3.27. The number of aliphatic hydroxyl groups is 2. The molecular weight excluding hydrogens is 256 g/mol. The van der Waals surface area contributed by atoms with Gasteiger partial charge in [-0.05, 0) is 0 Å². The van der Waals surface area contributed by atoms with E-state index in [0.29, 0.717) is 11.2 Å². The number of carbonyl (C=O) groups is 1. The molecule has 2 unspecified atom stereocenters. The van der Waals surface area contributed by atoms with Crippen molar-refractivity contribution in [3.05, 3.63) is 18.3 Å². The summed E-state index contributed by atoms with van der Waals surface area (Å²) in [6.45, 7) is 1.40. The molecule has 0 saturated carbocycles. The van der Waals surface area contributed by atoms with Gasteiger partial charge in [0.1, 0.15) is 23.6 Å². The van der Waals surface area contributed by atoms with Crippen LogP contribution in [-0.4, -0.2) is 47.1 Å². The largest absolute Gasteiger partial charge is 0.389 e. The Bertz CT molecular complexity index is 559. The van der Waals surface area contributed by atoms with Crippen LogP contribution in [0.3, 0.4) is 0 Å². The molecule has 0 spiro atoms. The van der Waals surface area contributed by atoms with E-state index in [4.69, 9.17) is 0 Å². The van der Waals surface area contributed by atoms with Crippen molar-refractivity contribution < 1.29 is 15.0 Å². The summed E-state index contributed by atoms with van der Waals surface area (Å²) in [6.07, 6.45) is 0.432. The first kappa shape index (κ1) is 12.9. The van der Waals surface area contributed by atoms with Crippen LogP contribution in [0.2, 0.25) is 0 Å². The predicted molar refractivity (Wildman–Crippen MR) is 65.8 cm³/mol. The van der Waals surface area contributed by atoms with Crippen LogP contribution in [-0.2, 0) is 4.79 Å². The van der Waals surface area contributed by atoms with E-state index in [1.54, 1.807) is 0 Å². The van der Waals surface area contributed by atoms with Gasteiger partial charge in [-0.2, -0.15) is 0 Å². The number of rotatable bonds is 4. The highest BCUT2D eigenvalue weighted by molar-refractivity contribution is 8.13. The van der Waals surface area contributed by atoms with E-state index in [2.05, 4.69) is 19.9 Å². The molecule has 8 heteroatoms. The number of nitrogens with one attached hydrogen (secondary N) is 1. The van der Waals surface area contributed by atoms with Crippen LogP contribution < -0.4 is 0 Å². The van der Waals surface area contributed by atoms with Crippen molar-refractivity contribution in [3.8, 4) is 0 Å². The average Bonchev–Trinajstić information content (AvgIpc) is 2.82. The minimum Gasteiger partial charge on any atom is -0.389 e. The van der Waals surface area contributed by atoms with Crippen molar-refractivity contribution in [2.24, 2.45) is 0 Å². The molecule has 3 N–H and O–H groups in total. The van der Waals surface area contributed by atoms with Gasteiger partial charge in [-0.1, -0.05) is 11.8 Å². The smallest absolute Gasteiger partial charge is 0.185 e. The van der Waals surface area contributed by atoms with Crippen LogP contribution in [0, 0.1) is 0 Å². The Labute approximate surface area is 107 Å². The minimum atomic E-state index is -1.19. The number of H-pyrrole nitrogens is 1. The van der Waals surface area contributed by atoms with Gasteiger partial charge in [0, 0.05) is 12.7 Å². The molecule has 0 saturated heterocycles. The van der Waals surface area contributed by atoms with E-state index in [1.165, 1.54) is 19.6 Å². The van der Waals surface area contributed by atoms with E-state index in [9.17, 15) is 15.0 Å². The van der Waals surface area contributed by atoms with E-state index >= 15 is 0 Å². The highest BCUT2D eigenvalue weighted by Crippen LogP contribution is 2.22. The fourth-order valence-electron chi connectivity index (χ4n) is 1.48. The van der Waals surface area contributed by atoms with E-state index < -0.39 is 12.2 Å². The topological polar surface area (TPSA) is 112 Å². The van der Waals surface area contributed by atoms with Crippen LogP contribution in [0.1, 0.15) is 18.7 Å². The van der Waals surface area contributed by atoms with Gasteiger partial charge in [-0.25, -0.2) is 15.0 Å². The molecule has 2 aromatic rings. The van der Waals surface area contributed by atoms with Crippen molar-refractivity contribution in [3.63, 3.8) is 0 Å². The first-order valence-corrected chi connectivity index (χ1v) is 6.21.